The molecule has 1 aromatic heterocycles. The second kappa shape index (κ2) is 6.04. The largest absolute Gasteiger partial charge is 0.364 e. The first kappa shape index (κ1) is 13.8. The SMILES string of the molecule is Cc1cc(=O)c(C(=O)N(C)C2CCCCCC2)c[nH]1. The van der Waals surface area contributed by atoms with Gasteiger partial charge in [0.05, 0.1) is 0 Å². The van der Waals surface area contributed by atoms with E-state index in [-0.39, 0.29) is 22.9 Å². The first-order chi connectivity index (χ1) is 9.09. The van der Waals surface area contributed by atoms with E-state index in [9.17, 15) is 9.59 Å². The zero-order chi connectivity index (χ0) is 13.8. The third kappa shape index (κ3) is 3.25. The standard InChI is InChI=1S/C15H22N2O2/c1-11-9-14(18)13(10-16-11)15(19)17(2)12-7-5-3-4-6-8-12/h9-10,12H,3-8H2,1-2H3,(H,16,18). The third-order valence-corrected chi connectivity index (χ3v) is 3.98. The van der Waals surface area contributed by atoms with E-state index >= 15 is 0 Å². The average Bonchev–Trinajstić information content (AvgIpc) is 2.66. The number of aromatic amines is 1. The van der Waals surface area contributed by atoms with Gasteiger partial charge < -0.3 is 9.88 Å². The molecule has 19 heavy (non-hydrogen) atoms. The molecule has 104 valence electrons. The lowest BCUT2D eigenvalue weighted by Crippen LogP contribution is -2.38. The fourth-order valence-electron chi connectivity index (χ4n) is 2.74. The summed E-state index contributed by atoms with van der Waals surface area (Å²) < 4.78 is 0. The Balaban J connectivity index is 2.15. The predicted octanol–water partition coefficient (Wildman–Crippen LogP) is 2.48. The van der Waals surface area contributed by atoms with Crippen LogP contribution < -0.4 is 5.43 Å². The van der Waals surface area contributed by atoms with Crippen LogP contribution in [0.2, 0.25) is 0 Å². The normalized spacial score (nSPS) is 16.9. The van der Waals surface area contributed by atoms with Crippen molar-refractivity contribution in [3.8, 4) is 0 Å². The third-order valence-electron chi connectivity index (χ3n) is 3.98. The second-order valence-electron chi connectivity index (χ2n) is 5.46. The summed E-state index contributed by atoms with van der Waals surface area (Å²) in [6.07, 6.45) is 8.48. The first-order valence-corrected chi connectivity index (χ1v) is 7.06. The second-order valence-corrected chi connectivity index (χ2v) is 5.46. The topological polar surface area (TPSA) is 53.2 Å². The van der Waals surface area contributed by atoms with Gasteiger partial charge in [-0.25, -0.2) is 0 Å². The van der Waals surface area contributed by atoms with Crippen molar-refractivity contribution in [2.45, 2.75) is 51.5 Å². The molecule has 0 unspecified atom stereocenters. The fraction of sp³-hybridized carbons (Fsp3) is 0.600. The molecule has 1 saturated carbocycles. The molecule has 4 nitrogen and oxygen atoms in total. The number of amides is 1. The number of hydrogen-bond acceptors (Lipinski definition) is 2. The molecule has 0 bridgehead atoms. The predicted molar refractivity (Wildman–Crippen MR) is 75.4 cm³/mol. The van der Waals surface area contributed by atoms with E-state index in [2.05, 4.69) is 4.98 Å². The molecule has 1 aliphatic rings. The van der Waals surface area contributed by atoms with Gasteiger partial charge in [0.25, 0.3) is 5.91 Å². The van der Waals surface area contributed by atoms with Crippen LogP contribution in [0, 0.1) is 6.92 Å². The Morgan fingerprint density at radius 2 is 1.89 bits per heavy atom. The van der Waals surface area contributed by atoms with Gasteiger partial charge in [0.15, 0.2) is 5.43 Å². The van der Waals surface area contributed by atoms with Crippen LogP contribution in [0.25, 0.3) is 0 Å². The lowest BCUT2D eigenvalue weighted by molar-refractivity contribution is 0.0716. The fourth-order valence-corrected chi connectivity index (χ4v) is 2.74. The van der Waals surface area contributed by atoms with Gasteiger partial charge in [0.1, 0.15) is 5.56 Å². The highest BCUT2D eigenvalue weighted by Gasteiger charge is 2.23. The molecule has 0 aromatic carbocycles. The van der Waals surface area contributed by atoms with Crippen LogP contribution in [0.5, 0.6) is 0 Å². The van der Waals surface area contributed by atoms with Gasteiger partial charge in [-0.3, -0.25) is 9.59 Å². The highest BCUT2D eigenvalue weighted by molar-refractivity contribution is 5.93. The van der Waals surface area contributed by atoms with Crippen LogP contribution in [-0.2, 0) is 0 Å². The maximum absolute atomic E-state index is 12.4. The summed E-state index contributed by atoms with van der Waals surface area (Å²) in [6, 6.07) is 1.75. The van der Waals surface area contributed by atoms with Crippen molar-refractivity contribution >= 4 is 5.91 Å². The molecule has 1 aliphatic carbocycles. The molecule has 1 aromatic rings. The number of rotatable bonds is 2. The number of carbonyl (C=O) groups excluding carboxylic acids is 1. The van der Waals surface area contributed by atoms with Gasteiger partial charge in [-0.2, -0.15) is 0 Å². The zero-order valence-corrected chi connectivity index (χ0v) is 11.7. The van der Waals surface area contributed by atoms with Crippen LogP contribution in [0.4, 0.5) is 0 Å². The number of hydrogen-bond donors (Lipinski definition) is 1. The Kier molecular flexibility index (Phi) is 4.40. The van der Waals surface area contributed by atoms with Crippen molar-refractivity contribution in [1.29, 1.82) is 0 Å². The van der Waals surface area contributed by atoms with Crippen molar-refractivity contribution in [2.24, 2.45) is 0 Å². The minimum atomic E-state index is -0.193. The zero-order valence-electron chi connectivity index (χ0n) is 11.7. The van der Waals surface area contributed by atoms with E-state index < -0.39 is 0 Å². The van der Waals surface area contributed by atoms with Crippen molar-refractivity contribution in [2.75, 3.05) is 7.05 Å². The Bertz CT molecular complexity index is 499. The average molecular weight is 262 g/mol. The number of pyridine rings is 1. The lowest BCUT2D eigenvalue weighted by Gasteiger charge is -2.27. The number of nitrogens with one attached hydrogen (secondary N) is 1. The highest BCUT2D eigenvalue weighted by Crippen LogP contribution is 2.21. The number of aryl methyl sites for hydroxylation is 1. The first-order valence-electron chi connectivity index (χ1n) is 7.06. The van der Waals surface area contributed by atoms with Crippen molar-refractivity contribution < 1.29 is 4.79 Å². The van der Waals surface area contributed by atoms with E-state index in [0.717, 1.165) is 18.5 Å². The Hall–Kier alpha value is -1.58. The molecule has 1 amide bonds. The summed E-state index contributed by atoms with van der Waals surface area (Å²) in [5.41, 5.74) is 0.831. The van der Waals surface area contributed by atoms with E-state index in [0.29, 0.717) is 0 Å². The molecule has 0 aliphatic heterocycles. The van der Waals surface area contributed by atoms with Gasteiger partial charge in [0.2, 0.25) is 0 Å². The van der Waals surface area contributed by atoms with E-state index in [1.807, 2.05) is 14.0 Å². The number of carbonyl (C=O) groups is 1. The van der Waals surface area contributed by atoms with Crippen LogP contribution in [-0.4, -0.2) is 28.9 Å². The summed E-state index contributed by atoms with van der Waals surface area (Å²) in [7, 11) is 1.82. The lowest BCUT2D eigenvalue weighted by atomic mass is 10.1. The van der Waals surface area contributed by atoms with Crippen LogP contribution in [0.15, 0.2) is 17.1 Å². The molecular weight excluding hydrogens is 240 g/mol. The summed E-state index contributed by atoms with van der Waals surface area (Å²) in [6.45, 7) is 1.81. The van der Waals surface area contributed by atoms with Crippen LogP contribution in [0.1, 0.15) is 54.6 Å². The van der Waals surface area contributed by atoms with Gasteiger partial charge in [-0.15, -0.1) is 0 Å². The monoisotopic (exact) mass is 262 g/mol. The molecule has 1 fully saturated rings. The van der Waals surface area contributed by atoms with Crippen LogP contribution in [0.3, 0.4) is 0 Å². The highest BCUT2D eigenvalue weighted by atomic mass is 16.2. The van der Waals surface area contributed by atoms with E-state index in [1.165, 1.54) is 37.9 Å². The summed E-state index contributed by atoms with van der Waals surface area (Å²) >= 11 is 0. The van der Waals surface area contributed by atoms with Gasteiger partial charge >= 0.3 is 0 Å². The molecule has 0 saturated heterocycles. The number of nitrogens with zero attached hydrogens (tertiary/aromatic N) is 1. The molecule has 1 N–H and O–H groups in total. The maximum atomic E-state index is 12.4. The minimum Gasteiger partial charge on any atom is -0.364 e. The molecule has 1 heterocycles. The van der Waals surface area contributed by atoms with Crippen molar-refractivity contribution in [1.82, 2.24) is 9.88 Å². The minimum absolute atomic E-state index is 0.159. The van der Waals surface area contributed by atoms with Crippen LogP contribution >= 0.6 is 0 Å². The smallest absolute Gasteiger partial charge is 0.259 e. The van der Waals surface area contributed by atoms with Crippen molar-refractivity contribution in [3.05, 3.63) is 33.7 Å². The molecule has 2 rings (SSSR count). The number of aromatic nitrogens is 1. The maximum Gasteiger partial charge on any atom is 0.259 e. The Morgan fingerprint density at radius 3 is 2.47 bits per heavy atom. The van der Waals surface area contributed by atoms with Crippen molar-refractivity contribution in [3.63, 3.8) is 0 Å². The number of H-pyrrole nitrogens is 1. The van der Waals surface area contributed by atoms with Gasteiger partial charge in [-0.1, -0.05) is 25.7 Å². The molecule has 0 radical (unpaired) electrons. The molecule has 0 spiro atoms. The summed E-state index contributed by atoms with van der Waals surface area (Å²) in [5.74, 6) is -0.159. The molecular formula is C15H22N2O2. The molecule has 4 heteroatoms. The van der Waals surface area contributed by atoms with E-state index in [4.69, 9.17) is 0 Å². The molecule has 0 atom stereocenters. The summed E-state index contributed by atoms with van der Waals surface area (Å²) in [4.78, 5) is 29.0. The summed E-state index contributed by atoms with van der Waals surface area (Å²) in [5, 5.41) is 0. The van der Waals surface area contributed by atoms with Gasteiger partial charge in [0, 0.05) is 31.0 Å². The quantitative estimate of drug-likeness (QED) is 0.832. The Morgan fingerprint density at radius 1 is 1.26 bits per heavy atom. The Labute approximate surface area is 113 Å². The van der Waals surface area contributed by atoms with E-state index in [1.54, 1.807) is 4.90 Å². The van der Waals surface area contributed by atoms with Gasteiger partial charge in [-0.05, 0) is 19.8 Å².